The number of phenols is 1. The highest BCUT2D eigenvalue weighted by Gasteiger charge is 2.23. The highest BCUT2D eigenvalue weighted by atomic mass is 35.5. The van der Waals surface area contributed by atoms with E-state index >= 15 is 0 Å². The molecular weight excluding hydrogens is 553 g/mol. The molecule has 1 amide bonds. The minimum Gasteiger partial charge on any atom is -0.505 e. The molecule has 12 heteroatoms. The summed E-state index contributed by atoms with van der Waals surface area (Å²) in [6, 6.07) is 15.9. The van der Waals surface area contributed by atoms with Gasteiger partial charge in [-0.3, -0.25) is 9.35 Å². The zero-order valence-corrected chi connectivity index (χ0v) is 22.4. The van der Waals surface area contributed by atoms with E-state index in [1.165, 1.54) is 24.3 Å². The van der Waals surface area contributed by atoms with Crippen molar-refractivity contribution in [3.8, 4) is 11.5 Å². The predicted octanol–water partition coefficient (Wildman–Crippen LogP) is 7.47. The lowest BCUT2D eigenvalue weighted by Crippen LogP contribution is -2.13. The van der Waals surface area contributed by atoms with Crippen molar-refractivity contribution in [1.29, 1.82) is 0 Å². The van der Waals surface area contributed by atoms with E-state index in [0.29, 0.717) is 39.4 Å². The van der Waals surface area contributed by atoms with Crippen molar-refractivity contribution >= 4 is 67.1 Å². The number of halogens is 2. The number of aryl methyl sites for hydroxylation is 1. The van der Waals surface area contributed by atoms with Crippen LogP contribution in [0.4, 0.5) is 17.1 Å². The maximum Gasteiger partial charge on any atom is 0.298 e. The average Bonchev–Trinajstić information content (AvgIpc) is 2.86. The number of anilines is 1. The number of aromatic hydroxyl groups is 1. The van der Waals surface area contributed by atoms with Crippen molar-refractivity contribution in [3.63, 3.8) is 0 Å². The van der Waals surface area contributed by atoms with E-state index in [1.807, 2.05) is 0 Å². The molecular formula is C26H21Cl2N3O6S. The number of hydrogen-bond donors (Lipinski definition) is 3. The smallest absolute Gasteiger partial charge is 0.298 e. The highest BCUT2D eigenvalue weighted by Crippen LogP contribution is 2.42. The van der Waals surface area contributed by atoms with Gasteiger partial charge in [-0.25, -0.2) is 0 Å². The van der Waals surface area contributed by atoms with E-state index in [2.05, 4.69) is 15.5 Å². The molecule has 3 N–H and O–H groups in total. The summed E-state index contributed by atoms with van der Waals surface area (Å²) < 4.78 is 39.2. The zero-order chi connectivity index (χ0) is 27.6. The van der Waals surface area contributed by atoms with Gasteiger partial charge in [-0.1, -0.05) is 53.5 Å². The lowest BCUT2D eigenvalue weighted by molar-refractivity contribution is 0.102. The Kier molecular flexibility index (Phi) is 7.89. The fourth-order valence-electron chi connectivity index (χ4n) is 3.78. The van der Waals surface area contributed by atoms with Crippen molar-refractivity contribution in [2.24, 2.45) is 10.2 Å². The van der Waals surface area contributed by atoms with Crippen LogP contribution in [0.15, 0.2) is 75.8 Å². The van der Waals surface area contributed by atoms with Crippen LogP contribution in [0.2, 0.25) is 10.0 Å². The van der Waals surface area contributed by atoms with Gasteiger partial charge >= 0.3 is 0 Å². The number of amides is 1. The molecule has 0 aliphatic heterocycles. The van der Waals surface area contributed by atoms with Crippen molar-refractivity contribution in [1.82, 2.24) is 0 Å². The third-order valence-electron chi connectivity index (χ3n) is 5.52. The topological polar surface area (TPSA) is 138 Å². The number of rotatable bonds is 7. The minimum atomic E-state index is -4.75. The second kappa shape index (κ2) is 11.0. The number of fused-ring (bicyclic) bond motifs is 1. The first kappa shape index (κ1) is 27.3. The molecule has 0 spiro atoms. The number of azo groups is 1. The Morgan fingerprint density at radius 1 is 1.03 bits per heavy atom. The second-order valence-corrected chi connectivity index (χ2v) is 10.3. The first-order chi connectivity index (χ1) is 18.0. The van der Waals surface area contributed by atoms with E-state index in [-0.39, 0.29) is 22.0 Å². The van der Waals surface area contributed by atoms with Crippen molar-refractivity contribution in [2.75, 3.05) is 11.9 Å². The van der Waals surface area contributed by atoms with Crippen molar-refractivity contribution in [3.05, 3.63) is 81.8 Å². The van der Waals surface area contributed by atoms with Crippen LogP contribution in [0.25, 0.3) is 10.8 Å². The highest BCUT2D eigenvalue weighted by molar-refractivity contribution is 7.86. The van der Waals surface area contributed by atoms with Crippen molar-refractivity contribution < 1.29 is 27.6 Å². The molecule has 4 aromatic carbocycles. The van der Waals surface area contributed by atoms with Gasteiger partial charge in [0, 0.05) is 10.4 Å². The number of nitrogens with zero attached hydrogens (tertiary/aromatic N) is 2. The lowest BCUT2D eigenvalue weighted by atomic mass is 10.0. The van der Waals surface area contributed by atoms with Crippen LogP contribution in [0.5, 0.6) is 11.5 Å². The molecule has 0 unspecified atom stereocenters. The molecule has 38 heavy (non-hydrogen) atoms. The molecule has 0 atom stereocenters. The van der Waals surface area contributed by atoms with E-state index in [9.17, 15) is 22.9 Å². The molecule has 0 aliphatic rings. The number of nitrogens with one attached hydrogen (secondary N) is 1. The van der Waals surface area contributed by atoms with Gasteiger partial charge in [0.2, 0.25) is 0 Å². The maximum atomic E-state index is 13.3. The summed E-state index contributed by atoms with van der Waals surface area (Å²) in [5, 5.41) is 23.1. The maximum absolute atomic E-state index is 13.3. The molecule has 0 aromatic heterocycles. The Morgan fingerprint density at radius 2 is 1.74 bits per heavy atom. The molecule has 0 saturated heterocycles. The first-order valence-electron chi connectivity index (χ1n) is 11.2. The van der Waals surface area contributed by atoms with Gasteiger partial charge in [-0.2, -0.15) is 8.42 Å². The molecule has 0 bridgehead atoms. The number of ether oxygens (including phenoxy) is 1. The molecule has 4 rings (SSSR count). The number of benzene rings is 4. The summed E-state index contributed by atoms with van der Waals surface area (Å²) in [6.07, 6.45) is 0. The monoisotopic (exact) mass is 573 g/mol. The molecule has 196 valence electrons. The van der Waals surface area contributed by atoms with Gasteiger partial charge in [0.1, 0.15) is 22.0 Å². The van der Waals surface area contributed by atoms with Gasteiger partial charge in [0.25, 0.3) is 16.0 Å². The summed E-state index contributed by atoms with van der Waals surface area (Å²) in [7, 11) is -4.75. The zero-order valence-electron chi connectivity index (χ0n) is 20.1. The fourth-order valence-corrected chi connectivity index (χ4v) is 5.16. The Bertz CT molecular complexity index is 1710. The Hall–Kier alpha value is -3.70. The van der Waals surface area contributed by atoms with Crippen LogP contribution in [-0.2, 0) is 10.1 Å². The predicted molar refractivity (Wildman–Crippen MR) is 146 cm³/mol. The SMILES string of the molecule is CCOc1ccc(Cl)cc1NC(=O)c1cc2ccccc2c(N=Nc2c(C)ccc(Cl)c2S(=O)(=O)O)c1O. The van der Waals surface area contributed by atoms with Crippen LogP contribution >= 0.6 is 23.2 Å². The van der Waals surface area contributed by atoms with Gasteiger partial charge in [0.15, 0.2) is 5.75 Å². The quantitative estimate of drug-likeness (QED) is 0.155. The van der Waals surface area contributed by atoms with Crippen LogP contribution in [-0.4, -0.2) is 30.6 Å². The van der Waals surface area contributed by atoms with Gasteiger partial charge < -0.3 is 15.2 Å². The molecule has 0 aliphatic carbocycles. The average molecular weight is 574 g/mol. The molecule has 4 aromatic rings. The molecule has 0 fully saturated rings. The minimum absolute atomic E-state index is 0.0926. The van der Waals surface area contributed by atoms with Gasteiger partial charge in [-0.15, -0.1) is 10.2 Å². The first-order valence-corrected chi connectivity index (χ1v) is 13.4. The third-order valence-corrected chi connectivity index (χ3v) is 7.11. The van der Waals surface area contributed by atoms with Crippen molar-refractivity contribution in [2.45, 2.75) is 18.7 Å². The summed E-state index contributed by atoms with van der Waals surface area (Å²) in [5.41, 5.74) is 0.224. The van der Waals surface area contributed by atoms with E-state index < -0.39 is 26.7 Å². The largest absolute Gasteiger partial charge is 0.505 e. The Morgan fingerprint density at radius 3 is 2.45 bits per heavy atom. The van der Waals surface area contributed by atoms with Crippen LogP contribution in [0.1, 0.15) is 22.8 Å². The van der Waals surface area contributed by atoms with Crippen LogP contribution < -0.4 is 10.1 Å². The lowest BCUT2D eigenvalue weighted by Gasteiger charge is -2.14. The summed E-state index contributed by atoms with van der Waals surface area (Å²) in [4.78, 5) is 12.7. The normalized spacial score (nSPS) is 11.7. The Labute approximate surface area is 228 Å². The number of phenolic OH excluding ortho intramolecular Hbond substituents is 1. The summed E-state index contributed by atoms with van der Waals surface area (Å²) >= 11 is 12.1. The molecule has 0 radical (unpaired) electrons. The number of carbonyl (C=O) groups excluding carboxylic acids is 1. The molecule has 9 nitrogen and oxygen atoms in total. The van der Waals surface area contributed by atoms with Crippen LogP contribution in [0, 0.1) is 6.92 Å². The van der Waals surface area contributed by atoms with Gasteiger partial charge in [0.05, 0.1) is 22.9 Å². The van der Waals surface area contributed by atoms with E-state index in [1.54, 1.807) is 50.2 Å². The van der Waals surface area contributed by atoms with E-state index in [0.717, 1.165) is 0 Å². The fraction of sp³-hybridized carbons (Fsp3) is 0.115. The second-order valence-electron chi connectivity index (χ2n) is 8.09. The number of carbonyl (C=O) groups is 1. The summed E-state index contributed by atoms with van der Waals surface area (Å²) in [5.74, 6) is -0.789. The standard InChI is InChI=1S/C26H21Cl2N3O6S/c1-3-37-21-11-9-16(27)13-20(21)29-26(33)18-12-15-6-4-5-7-17(15)23(24(18)32)31-30-22-14(2)8-10-19(28)25(22)38(34,35)36/h4-13,32H,3H2,1-2H3,(H,29,33)(H,34,35,36). The Balaban J connectivity index is 1.85. The molecule has 0 saturated carbocycles. The van der Waals surface area contributed by atoms with Gasteiger partial charge in [-0.05, 0) is 55.1 Å². The number of hydrogen-bond acceptors (Lipinski definition) is 7. The third kappa shape index (κ3) is 5.58. The van der Waals surface area contributed by atoms with Crippen LogP contribution in [0.3, 0.4) is 0 Å². The summed E-state index contributed by atoms with van der Waals surface area (Å²) in [6.45, 7) is 3.70. The van der Waals surface area contributed by atoms with E-state index in [4.69, 9.17) is 27.9 Å². The molecule has 0 heterocycles.